The summed E-state index contributed by atoms with van der Waals surface area (Å²) in [5.41, 5.74) is 2.29. The molecule has 0 spiro atoms. The highest BCUT2D eigenvalue weighted by Crippen LogP contribution is 2.35. The Labute approximate surface area is 159 Å². The lowest BCUT2D eigenvalue weighted by atomic mass is 10.1. The molecule has 1 aromatic heterocycles. The smallest absolute Gasteiger partial charge is 0.341 e. The zero-order chi connectivity index (χ0) is 18.8. The fourth-order valence-corrected chi connectivity index (χ4v) is 4.02. The predicted molar refractivity (Wildman–Crippen MR) is 106 cm³/mol. The Balaban J connectivity index is 1.75. The van der Waals surface area contributed by atoms with Gasteiger partial charge in [-0.2, -0.15) is 0 Å². The summed E-state index contributed by atoms with van der Waals surface area (Å²) < 4.78 is 10.7. The number of ether oxygens (including phenoxy) is 2. The molecule has 1 atom stereocenters. The molecule has 0 saturated carbocycles. The van der Waals surface area contributed by atoms with E-state index in [2.05, 4.69) is 26.9 Å². The first-order chi connectivity index (χ1) is 13.2. The minimum absolute atomic E-state index is 0.323. The standard InChI is InChI=1S/C21H25N3O3/c1-3-27-21(25)18-13-22-19-7-6-16(26-2)12-17(19)20(18)24-11-8-15(14-24)23-9-4-5-10-23/h4-7,12-13,15H,3,8-11,14H2,1-2H3. The van der Waals surface area contributed by atoms with E-state index >= 15 is 0 Å². The molecule has 0 radical (unpaired) electrons. The summed E-state index contributed by atoms with van der Waals surface area (Å²) in [6.45, 7) is 5.98. The van der Waals surface area contributed by atoms with Crippen molar-refractivity contribution < 1.29 is 14.3 Å². The molecule has 4 rings (SSSR count). The van der Waals surface area contributed by atoms with Crippen LogP contribution in [0.4, 0.5) is 5.69 Å². The van der Waals surface area contributed by atoms with Crippen molar-refractivity contribution in [1.82, 2.24) is 9.88 Å². The van der Waals surface area contributed by atoms with Crippen molar-refractivity contribution in [1.29, 1.82) is 0 Å². The third kappa shape index (κ3) is 3.37. The van der Waals surface area contributed by atoms with Crippen molar-refractivity contribution in [3.63, 3.8) is 0 Å². The number of carbonyl (C=O) groups is 1. The van der Waals surface area contributed by atoms with Crippen LogP contribution in [0.5, 0.6) is 5.75 Å². The molecule has 0 aliphatic carbocycles. The number of hydrogen-bond donors (Lipinski definition) is 0. The second kappa shape index (κ2) is 7.56. The van der Waals surface area contributed by atoms with Crippen LogP contribution < -0.4 is 9.64 Å². The van der Waals surface area contributed by atoms with Crippen LogP contribution in [0, 0.1) is 0 Å². The Morgan fingerprint density at radius 1 is 1.30 bits per heavy atom. The van der Waals surface area contributed by atoms with Gasteiger partial charge < -0.3 is 14.4 Å². The molecule has 2 aromatic rings. The zero-order valence-corrected chi connectivity index (χ0v) is 15.9. The molecule has 1 aromatic carbocycles. The lowest BCUT2D eigenvalue weighted by Gasteiger charge is -2.26. The Kier molecular flexibility index (Phi) is 4.99. The number of carbonyl (C=O) groups excluding carboxylic acids is 1. The topological polar surface area (TPSA) is 54.9 Å². The van der Waals surface area contributed by atoms with Crippen LogP contribution in [0.25, 0.3) is 10.9 Å². The van der Waals surface area contributed by atoms with Crippen molar-refractivity contribution in [3.8, 4) is 5.75 Å². The molecule has 0 N–H and O–H groups in total. The number of benzene rings is 1. The van der Waals surface area contributed by atoms with Gasteiger partial charge in [0.1, 0.15) is 11.3 Å². The van der Waals surface area contributed by atoms with Crippen molar-refractivity contribution >= 4 is 22.6 Å². The number of anilines is 1. The number of aromatic nitrogens is 1. The van der Waals surface area contributed by atoms with Gasteiger partial charge in [0.25, 0.3) is 0 Å². The summed E-state index contributed by atoms with van der Waals surface area (Å²) in [6.07, 6.45) is 7.17. The molecule has 27 heavy (non-hydrogen) atoms. The Morgan fingerprint density at radius 2 is 2.11 bits per heavy atom. The molecule has 0 amide bonds. The Hall–Kier alpha value is -2.60. The zero-order valence-electron chi connectivity index (χ0n) is 15.9. The van der Waals surface area contributed by atoms with Gasteiger partial charge in [-0.05, 0) is 31.5 Å². The number of fused-ring (bicyclic) bond motifs is 1. The Bertz CT molecular complexity index is 872. The maximum Gasteiger partial charge on any atom is 0.341 e. The fourth-order valence-electron chi connectivity index (χ4n) is 4.02. The van der Waals surface area contributed by atoms with Crippen molar-refractivity contribution in [2.45, 2.75) is 19.4 Å². The summed E-state index contributed by atoms with van der Waals surface area (Å²) in [4.78, 5) is 21.9. The third-order valence-corrected chi connectivity index (χ3v) is 5.38. The molecule has 3 heterocycles. The summed E-state index contributed by atoms with van der Waals surface area (Å²) in [5.74, 6) is 0.432. The van der Waals surface area contributed by atoms with Crippen molar-refractivity contribution in [2.24, 2.45) is 0 Å². The van der Waals surface area contributed by atoms with Gasteiger partial charge in [-0.3, -0.25) is 9.88 Å². The van der Waals surface area contributed by atoms with E-state index in [1.807, 2.05) is 25.1 Å². The lowest BCUT2D eigenvalue weighted by Crippen LogP contribution is -2.36. The summed E-state index contributed by atoms with van der Waals surface area (Å²) in [5, 5.41) is 0.931. The first-order valence-electron chi connectivity index (χ1n) is 9.49. The number of rotatable bonds is 5. The quantitative estimate of drug-likeness (QED) is 0.598. The minimum atomic E-state index is -0.323. The normalized spacial score (nSPS) is 19.8. The number of hydrogen-bond acceptors (Lipinski definition) is 6. The van der Waals surface area contributed by atoms with Crippen LogP contribution >= 0.6 is 0 Å². The van der Waals surface area contributed by atoms with E-state index in [0.717, 1.165) is 54.9 Å². The van der Waals surface area contributed by atoms with E-state index in [9.17, 15) is 4.79 Å². The van der Waals surface area contributed by atoms with Crippen LogP contribution in [0.1, 0.15) is 23.7 Å². The molecule has 2 aliphatic heterocycles. The SMILES string of the molecule is CCOC(=O)c1cnc2ccc(OC)cc2c1N1CCC(N2CC=CC2)C1. The fraction of sp³-hybridized carbons (Fsp3) is 0.429. The lowest BCUT2D eigenvalue weighted by molar-refractivity contribution is 0.0527. The van der Waals surface area contributed by atoms with E-state index in [1.54, 1.807) is 13.3 Å². The van der Waals surface area contributed by atoms with Crippen LogP contribution in [-0.4, -0.2) is 61.8 Å². The molecular formula is C21H25N3O3. The average molecular weight is 367 g/mol. The number of nitrogens with zero attached hydrogens (tertiary/aromatic N) is 3. The monoisotopic (exact) mass is 367 g/mol. The van der Waals surface area contributed by atoms with Gasteiger partial charge in [0.2, 0.25) is 0 Å². The second-order valence-corrected chi connectivity index (χ2v) is 6.94. The molecule has 6 heteroatoms. The largest absolute Gasteiger partial charge is 0.497 e. The van der Waals surface area contributed by atoms with Crippen molar-refractivity contribution in [2.75, 3.05) is 44.8 Å². The maximum atomic E-state index is 12.6. The van der Waals surface area contributed by atoms with Gasteiger partial charge in [0, 0.05) is 43.8 Å². The molecule has 6 nitrogen and oxygen atoms in total. The van der Waals surface area contributed by atoms with Crippen LogP contribution in [-0.2, 0) is 4.74 Å². The summed E-state index contributed by atoms with van der Waals surface area (Å²) in [6, 6.07) is 6.28. The highest BCUT2D eigenvalue weighted by Gasteiger charge is 2.31. The maximum absolute atomic E-state index is 12.6. The van der Waals surface area contributed by atoms with E-state index in [1.165, 1.54) is 0 Å². The number of methoxy groups -OCH3 is 1. The highest BCUT2D eigenvalue weighted by atomic mass is 16.5. The molecule has 1 saturated heterocycles. The average Bonchev–Trinajstić information content (AvgIpc) is 3.38. The number of esters is 1. The van der Waals surface area contributed by atoms with Crippen LogP contribution in [0.15, 0.2) is 36.5 Å². The molecule has 2 aliphatic rings. The predicted octanol–water partition coefficient (Wildman–Crippen LogP) is 2.87. The molecule has 142 valence electrons. The van der Waals surface area contributed by atoms with Gasteiger partial charge in [0.05, 0.1) is 24.9 Å². The van der Waals surface area contributed by atoms with Crippen LogP contribution in [0.3, 0.4) is 0 Å². The van der Waals surface area contributed by atoms with Crippen molar-refractivity contribution in [3.05, 3.63) is 42.1 Å². The minimum Gasteiger partial charge on any atom is -0.497 e. The first-order valence-corrected chi connectivity index (χ1v) is 9.49. The highest BCUT2D eigenvalue weighted by molar-refractivity contribution is 6.05. The van der Waals surface area contributed by atoms with Gasteiger partial charge in [-0.25, -0.2) is 4.79 Å². The first kappa shape index (κ1) is 17.8. The summed E-state index contributed by atoms with van der Waals surface area (Å²) >= 11 is 0. The van der Waals surface area contributed by atoms with Gasteiger partial charge in [-0.1, -0.05) is 12.2 Å². The second-order valence-electron chi connectivity index (χ2n) is 6.94. The molecule has 1 unspecified atom stereocenters. The van der Waals surface area contributed by atoms with Crippen LogP contribution in [0.2, 0.25) is 0 Å². The molecule has 1 fully saturated rings. The molecular weight excluding hydrogens is 342 g/mol. The van der Waals surface area contributed by atoms with E-state index in [0.29, 0.717) is 18.2 Å². The Morgan fingerprint density at radius 3 is 2.85 bits per heavy atom. The molecule has 0 bridgehead atoms. The summed E-state index contributed by atoms with van der Waals surface area (Å²) in [7, 11) is 1.65. The van der Waals surface area contributed by atoms with E-state index < -0.39 is 0 Å². The third-order valence-electron chi connectivity index (χ3n) is 5.38. The van der Waals surface area contributed by atoms with E-state index in [4.69, 9.17) is 9.47 Å². The van der Waals surface area contributed by atoms with E-state index in [-0.39, 0.29) is 5.97 Å². The van der Waals surface area contributed by atoms with Gasteiger partial charge in [-0.15, -0.1) is 0 Å². The van der Waals surface area contributed by atoms with Gasteiger partial charge >= 0.3 is 5.97 Å². The number of pyridine rings is 1. The van der Waals surface area contributed by atoms with Gasteiger partial charge in [0.15, 0.2) is 0 Å².